The summed E-state index contributed by atoms with van der Waals surface area (Å²) in [4.78, 5) is 21.0. The number of sulfonamides is 1. The number of hydrogen-bond acceptors (Lipinski definition) is 5. The fraction of sp³-hybridized carbons (Fsp3) is 0.154. The smallest absolute Gasteiger partial charge is 0.242 e. The predicted molar refractivity (Wildman–Crippen MR) is 141 cm³/mol. The largest absolute Gasteiger partial charge is 0.332 e. The standard InChI is InChI=1S/C26H26N4O3S2/c1-18-14-15-21(35(32,33)30(2)3)16-22(18)27-23(31)17-34-26-28-24(19-10-6-4-7-11-19)25(29-26)20-12-8-5-9-13-20/h4-16H,17H2,1-3H3,(H,27,31)(H,28,29). The molecule has 0 saturated carbocycles. The van der Waals surface area contributed by atoms with E-state index in [1.807, 2.05) is 67.6 Å². The van der Waals surface area contributed by atoms with Crippen LogP contribution in [0.3, 0.4) is 0 Å². The number of benzene rings is 3. The molecule has 0 spiro atoms. The zero-order valence-corrected chi connectivity index (χ0v) is 21.3. The van der Waals surface area contributed by atoms with Crippen molar-refractivity contribution in [1.29, 1.82) is 0 Å². The van der Waals surface area contributed by atoms with Crippen LogP contribution >= 0.6 is 11.8 Å². The lowest BCUT2D eigenvalue weighted by Gasteiger charge is -2.14. The van der Waals surface area contributed by atoms with E-state index in [0.29, 0.717) is 10.8 Å². The maximum absolute atomic E-state index is 12.7. The molecule has 0 aliphatic carbocycles. The second kappa shape index (κ2) is 10.5. The van der Waals surface area contributed by atoms with Gasteiger partial charge in [0.2, 0.25) is 15.9 Å². The Morgan fingerprint density at radius 3 is 2.23 bits per heavy atom. The Kier molecular flexibility index (Phi) is 7.39. The minimum Gasteiger partial charge on any atom is -0.332 e. The Labute approximate surface area is 209 Å². The van der Waals surface area contributed by atoms with Crippen molar-refractivity contribution in [3.63, 3.8) is 0 Å². The van der Waals surface area contributed by atoms with Gasteiger partial charge in [0.15, 0.2) is 5.16 Å². The third-order valence-corrected chi connectivity index (χ3v) is 8.08. The molecule has 3 aromatic carbocycles. The first-order valence-electron chi connectivity index (χ1n) is 10.9. The first kappa shape index (κ1) is 24.7. The zero-order chi connectivity index (χ0) is 25.0. The quantitative estimate of drug-likeness (QED) is 0.327. The monoisotopic (exact) mass is 506 g/mol. The molecule has 0 atom stereocenters. The lowest BCUT2D eigenvalue weighted by Crippen LogP contribution is -2.22. The highest BCUT2D eigenvalue weighted by atomic mass is 32.2. The van der Waals surface area contributed by atoms with Gasteiger partial charge in [-0.25, -0.2) is 17.7 Å². The summed E-state index contributed by atoms with van der Waals surface area (Å²) in [6.45, 7) is 1.82. The number of H-pyrrole nitrogens is 1. The third-order valence-electron chi connectivity index (χ3n) is 5.39. The van der Waals surface area contributed by atoms with Gasteiger partial charge in [-0.3, -0.25) is 4.79 Å². The van der Waals surface area contributed by atoms with Crippen molar-refractivity contribution in [3.8, 4) is 22.5 Å². The van der Waals surface area contributed by atoms with Crippen LogP contribution in [-0.4, -0.2) is 48.4 Å². The number of hydrogen-bond donors (Lipinski definition) is 2. The summed E-state index contributed by atoms with van der Waals surface area (Å²) in [7, 11) is -0.654. The van der Waals surface area contributed by atoms with Crippen LogP contribution in [0.4, 0.5) is 5.69 Å². The molecule has 1 heterocycles. The van der Waals surface area contributed by atoms with Crippen molar-refractivity contribution < 1.29 is 13.2 Å². The maximum atomic E-state index is 12.7. The number of aryl methyl sites for hydroxylation is 1. The number of nitrogens with zero attached hydrogens (tertiary/aromatic N) is 2. The summed E-state index contributed by atoms with van der Waals surface area (Å²) < 4.78 is 26.1. The van der Waals surface area contributed by atoms with Gasteiger partial charge in [0.05, 0.1) is 22.0 Å². The first-order valence-corrected chi connectivity index (χ1v) is 13.3. The number of nitrogens with one attached hydrogen (secondary N) is 2. The van der Waals surface area contributed by atoms with Gasteiger partial charge < -0.3 is 10.3 Å². The predicted octanol–water partition coefficient (Wildman–Crippen LogP) is 5.03. The normalized spacial score (nSPS) is 11.5. The molecular formula is C26H26N4O3S2. The van der Waals surface area contributed by atoms with E-state index < -0.39 is 10.0 Å². The van der Waals surface area contributed by atoms with Crippen LogP contribution in [0.15, 0.2) is 88.9 Å². The van der Waals surface area contributed by atoms with E-state index in [9.17, 15) is 13.2 Å². The average Bonchev–Trinajstić information content (AvgIpc) is 3.29. The van der Waals surface area contributed by atoms with Gasteiger partial charge in [-0.2, -0.15) is 0 Å². The number of amides is 1. The second-order valence-corrected chi connectivity index (χ2v) is 11.2. The van der Waals surface area contributed by atoms with Gasteiger partial charge in [0.25, 0.3) is 0 Å². The fourth-order valence-corrected chi connectivity index (χ4v) is 5.06. The van der Waals surface area contributed by atoms with E-state index in [1.54, 1.807) is 6.07 Å². The molecule has 0 aliphatic heterocycles. The average molecular weight is 507 g/mol. The first-order chi connectivity index (χ1) is 16.8. The van der Waals surface area contributed by atoms with Crippen molar-refractivity contribution in [1.82, 2.24) is 14.3 Å². The van der Waals surface area contributed by atoms with Crippen LogP contribution in [0.1, 0.15) is 5.56 Å². The molecule has 1 aromatic heterocycles. The van der Waals surface area contributed by atoms with Gasteiger partial charge in [0, 0.05) is 30.9 Å². The highest BCUT2D eigenvalue weighted by Gasteiger charge is 2.19. The Morgan fingerprint density at radius 1 is 0.971 bits per heavy atom. The molecule has 2 N–H and O–H groups in total. The van der Waals surface area contributed by atoms with Gasteiger partial charge >= 0.3 is 0 Å². The lowest BCUT2D eigenvalue weighted by molar-refractivity contribution is -0.113. The van der Waals surface area contributed by atoms with Gasteiger partial charge in [0.1, 0.15) is 0 Å². The number of carbonyl (C=O) groups is 1. The molecule has 4 aromatic rings. The lowest BCUT2D eigenvalue weighted by atomic mass is 10.1. The van der Waals surface area contributed by atoms with E-state index in [-0.39, 0.29) is 16.6 Å². The number of aromatic amines is 1. The molecule has 0 saturated heterocycles. The van der Waals surface area contributed by atoms with E-state index in [2.05, 4.69) is 10.3 Å². The minimum absolute atomic E-state index is 0.111. The third kappa shape index (κ3) is 5.64. The molecule has 0 bridgehead atoms. The molecule has 35 heavy (non-hydrogen) atoms. The summed E-state index contributed by atoms with van der Waals surface area (Å²) in [6, 6.07) is 24.5. The number of imidazole rings is 1. The molecule has 9 heteroatoms. The van der Waals surface area contributed by atoms with Crippen molar-refractivity contribution in [2.24, 2.45) is 0 Å². The summed E-state index contributed by atoms with van der Waals surface area (Å²) in [6.07, 6.45) is 0. The van der Waals surface area contributed by atoms with Crippen molar-refractivity contribution >= 4 is 33.4 Å². The molecule has 4 rings (SSSR count). The number of aromatic nitrogens is 2. The summed E-state index contributed by atoms with van der Waals surface area (Å²) >= 11 is 1.29. The Bertz CT molecular complexity index is 1380. The molecule has 7 nitrogen and oxygen atoms in total. The highest BCUT2D eigenvalue weighted by Crippen LogP contribution is 2.32. The molecule has 180 valence electrons. The topological polar surface area (TPSA) is 95.2 Å². The Balaban J connectivity index is 1.53. The van der Waals surface area contributed by atoms with Gasteiger partial charge in [-0.15, -0.1) is 0 Å². The summed E-state index contributed by atoms with van der Waals surface area (Å²) in [5.74, 6) is -0.142. The molecule has 0 radical (unpaired) electrons. The van der Waals surface area contributed by atoms with E-state index in [0.717, 1.165) is 32.4 Å². The fourth-order valence-electron chi connectivity index (χ4n) is 3.47. The van der Waals surface area contributed by atoms with E-state index in [1.165, 1.54) is 38.0 Å². The summed E-state index contributed by atoms with van der Waals surface area (Å²) in [5, 5.41) is 3.46. The van der Waals surface area contributed by atoms with Crippen LogP contribution in [0, 0.1) is 6.92 Å². The SMILES string of the molecule is Cc1ccc(S(=O)(=O)N(C)C)cc1NC(=O)CSc1nc(-c2ccccc2)c(-c2ccccc2)[nH]1. The molecular weight excluding hydrogens is 480 g/mol. The minimum atomic E-state index is -3.60. The molecule has 0 unspecified atom stereocenters. The second-order valence-electron chi connectivity index (χ2n) is 8.10. The van der Waals surface area contributed by atoms with Crippen LogP contribution in [-0.2, 0) is 14.8 Å². The van der Waals surface area contributed by atoms with E-state index in [4.69, 9.17) is 4.98 Å². The summed E-state index contributed by atoms with van der Waals surface area (Å²) in [5.41, 5.74) is 4.93. The van der Waals surface area contributed by atoms with Crippen molar-refractivity contribution in [2.75, 3.05) is 25.2 Å². The van der Waals surface area contributed by atoms with Crippen LogP contribution in [0.25, 0.3) is 22.5 Å². The molecule has 0 aliphatic rings. The van der Waals surface area contributed by atoms with Crippen molar-refractivity contribution in [2.45, 2.75) is 17.0 Å². The van der Waals surface area contributed by atoms with Gasteiger partial charge in [-0.05, 0) is 24.6 Å². The van der Waals surface area contributed by atoms with Crippen LogP contribution < -0.4 is 5.32 Å². The van der Waals surface area contributed by atoms with Crippen LogP contribution in [0.2, 0.25) is 0 Å². The van der Waals surface area contributed by atoms with Crippen molar-refractivity contribution in [3.05, 3.63) is 84.4 Å². The molecule has 0 fully saturated rings. The Morgan fingerprint density at radius 2 is 1.60 bits per heavy atom. The maximum Gasteiger partial charge on any atom is 0.242 e. The zero-order valence-electron chi connectivity index (χ0n) is 19.6. The number of carbonyl (C=O) groups excluding carboxylic acids is 1. The highest BCUT2D eigenvalue weighted by molar-refractivity contribution is 7.99. The Hall–Kier alpha value is -3.40. The number of rotatable bonds is 8. The van der Waals surface area contributed by atoms with E-state index >= 15 is 0 Å². The van der Waals surface area contributed by atoms with Crippen LogP contribution in [0.5, 0.6) is 0 Å². The number of thioether (sulfide) groups is 1. The van der Waals surface area contributed by atoms with Gasteiger partial charge in [-0.1, -0.05) is 78.5 Å². The number of anilines is 1. The molecule has 1 amide bonds.